The molecule has 3 N–H and O–H groups in total. The summed E-state index contributed by atoms with van der Waals surface area (Å²) in [4.78, 5) is 15.4. The Morgan fingerprint density at radius 3 is 2.57 bits per heavy atom. The van der Waals surface area contributed by atoms with Crippen molar-refractivity contribution in [2.24, 2.45) is 0 Å². The van der Waals surface area contributed by atoms with Gasteiger partial charge in [0.15, 0.2) is 5.82 Å². The molecule has 0 radical (unpaired) electrons. The number of anilines is 3. The number of nitrogens with two attached hydrogens (primary N) is 1. The van der Waals surface area contributed by atoms with Crippen molar-refractivity contribution in [3.8, 4) is 5.82 Å². The van der Waals surface area contributed by atoms with Crippen LogP contribution in [-0.2, 0) is 0 Å². The van der Waals surface area contributed by atoms with Gasteiger partial charge in [0.1, 0.15) is 6.33 Å². The van der Waals surface area contributed by atoms with Crippen LogP contribution in [-0.4, -0.2) is 49.8 Å². The average molecular weight is 400 g/mol. The number of aromatic nitrogens is 5. The molecule has 0 spiro atoms. The van der Waals surface area contributed by atoms with Gasteiger partial charge in [-0.25, -0.2) is 9.97 Å². The first-order valence-electron chi connectivity index (χ1n) is 10.2. The summed E-state index contributed by atoms with van der Waals surface area (Å²) in [5.74, 6) is 1.94. The minimum absolute atomic E-state index is 0.268. The fraction of sp³-hybridized carbons (Fsp3) is 0.273. The van der Waals surface area contributed by atoms with Gasteiger partial charge in [0.25, 0.3) is 0 Å². The van der Waals surface area contributed by atoms with Crippen LogP contribution in [0, 0.1) is 0 Å². The molecule has 5 rings (SSSR count). The minimum Gasteiger partial charge on any atom is -0.368 e. The van der Waals surface area contributed by atoms with Gasteiger partial charge in [-0.1, -0.05) is 24.3 Å². The molecule has 2 aromatic heterocycles. The molecule has 8 nitrogen and oxygen atoms in total. The summed E-state index contributed by atoms with van der Waals surface area (Å²) in [6.07, 6.45) is 3.92. The lowest BCUT2D eigenvalue weighted by Crippen LogP contribution is -2.29. The Morgan fingerprint density at radius 1 is 1.00 bits per heavy atom. The number of para-hydroxylation sites is 1. The first-order valence-corrected chi connectivity index (χ1v) is 10.2. The van der Waals surface area contributed by atoms with Crippen LogP contribution < -0.4 is 11.1 Å². The number of rotatable bonds is 4. The third-order valence-corrected chi connectivity index (χ3v) is 5.71. The van der Waals surface area contributed by atoms with Gasteiger partial charge in [0, 0.05) is 11.1 Å². The molecule has 0 amide bonds. The quantitative estimate of drug-likeness (QED) is 0.542. The Balaban J connectivity index is 1.36. The largest absolute Gasteiger partial charge is 0.368 e. The first-order chi connectivity index (χ1) is 14.7. The van der Waals surface area contributed by atoms with Crippen LogP contribution in [0.5, 0.6) is 0 Å². The Hall–Kier alpha value is -3.52. The molecule has 1 aliphatic rings. The Morgan fingerprint density at radius 2 is 1.77 bits per heavy atom. The zero-order valence-electron chi connectivity index (χ0n) is 16.9. The van der Waals surface area contributed by atoms with Crippen molar-refractivity contribution >= 4 is 28.5 Å². The van der Waals surface area contributed by atoms with E-state index < -0.39 is 0 Å². The maximum absolute atomic E-state index is 6.14. The van der Waals surface area contributed by atoms with Crippen molar-refractivity contribution in [3.05, 3.63) is 60.4 Å². The summed E-state index contributed by atoms with van der Waals surface area (Å²) in [6, 6.07) is 16.3. The van der Waals surface area contributed by atoms with Gasteiger partial charge in [-0.2, -0.15) is 9.67 Å². The van der Waals surface area contributed by atoms with E-state index in [4.69, 9.17) is 5.73 Å². The van der Waals surface area contributed by atoms with E-state index in [1.54, 1.807) is 4.68 Å². The molecule has 1 saturated heterocycles. The van der Waals surface area contributed by atoms with Crippen molar-refractivity contribution in [3.63, 3.8) is 0 Å². The van der Waals surface area contributed by atoms with Crippen LogP contribution >= 0.6 is 0 Å². The molecule has 0 aliphatic carbocycles. The van der Waals surface area contributed by atoms with Gasteiger partial charge >= 0.3 is 0 Å². The molecule has 4 aromatic rings. The summed E-state index contributed by atoms with van der Waals surface area (Å²) >= 11 is 0. The molecule has 8 heteroatoms. The van der Waals surface area contributed by atoms with E-state index in [1.165, 1.54) is 24.7 Å². The molecule has 0 bridgehead atoms. The highest BCUT2D eigenvalue weighted by atomic mass is 15.4. The number of hydrogen-bond donors (Lipinski definition) is 2. The van der Waals surface area contributed by atoms with Gasteiger partial charge in [0.2, 0.25) is 11.9 Å². The monoisotopic (exact) mass is 400 g/mol. The maximum atomic E-state index is 6.14. The summed E-state index contributed by atoms with van der Waals surface area (Å²) in [5, 5.41) is 8.63. The van der Waals surface area contributed by atoms with E-state index in [0.29, 0.717) is 17.7 Å². The first kappa shape index (κ1) is 18.5. The molecule has 0 unspecified atom stereocenters. The van der Waals surface area contributed by atoms with Gasteiger partial charge in [-0.3, -0.25) is 0 Å². The molecule has 3 heterocycles. The molecular formula is C22H24N8. The second kappa shape index (κ2) is 7.72. The van der Waals surface area contributed by atoms with Crippen molar-refractivity contribution < 1.29 is 0 Å². The normalized spacial score (nSPS) is 15.5. The molecule has 0 saturated carbocycles. The predicted octanol–water partition coefficient (Wildman–Crippen LogP) is 3.35. The maximum Gasteiger partial charge on any atom is 0.248 e. The smallest absolute Gasteiger partial charge is 0.248 e. The molecule has 30 heavy (non-hydrogen) atoms. The molecule has 152 valence electrons. The molecule has 0 atom stereocenters. The highest BCUT2D eigenvalue weighted by Gasteiger charge is 2.18. The fourth-order valence-corrected chi connectivity index (χ4v) is 4.00. The van der Waals surface area contributed by atoms with Crippen molar-refractivity contribution in [1.29, 1.82) is 0 Å². The molecule has 2 aromatic carbocycles. The Labute approximate surface area is 174 Å². The van der Waals surface area contributed by atoms with Crippen molar-refractivity contribution in [2.75, 3.05) is 31.2 Å². The highest BCUT2D eigenvalue weighted by molar-refractivity contribution is 5.85. The van der Waals surface area contributed by atoms with E-state index in [-0.39, 0.29) is 5.95 Å². The lowest BCUT2D eigenvalue weighted by molar-refractivity contribution is 0.255. The van der Waals surface area contributed by atoms with Crippen LogP contribution in [0.3, 0.4) is 0 Å². The predicted molar refractivity (Wildman–Crippen MR) is 118 cm³/mol. The summed E-state index contributed by atoms with van der Waals surface area (Å²) in [7, 11) is 2.19. The van der Waals surface area contributed by atoms with Crippen LogP contribution in [0.25, 0.3) is 16.7 Å². The van der Waals surface area contributed by atoms with E-state index in [0.717, 1.165) is 29.7 Å². The summed E-state index contributed by atoms with van der Waals surface area (Å²) in [5.41, 5.74) is 9.28. The lowest BCUT2D eigenvalue weighted by Gasteiger charge is -2.29. The number of nitrogen functional groups attached to an aromatic ring is 1. The van der Waals surface area contributed by atoms with Crippen LogP contribution in [0.4, 0.5) is 17.6 Å². The number of benzene rings is 2. The summed E-state index contributed by atoms with van der Waals surface area (Å²) < 4.78 is 1.54. The topological polar surface area (TPSA) is 97.8 Å². The van der Waals surface area contributed by atoms with Gasteiger partial charge < -0.3 is 16.0 Å². The van der Waals surface area contributed by atoms with Crippen LogP contribution in [0.15, 0.2) is 54.9 Å². The van der Waals surface area contributed by atoms with E-state index in [1.807, 2.05) is 24.3 Å². The highest BCUT2D eigenvalue weighted by Crippen LogP contribution is 2.29. The minimum atomic E-state index is 0.268. The van der Waals surface area contributed by atoms with Crippen LogP contribution in [0.1, 0.15) is 24.3 Å². The Kier molecular flexibility index (Phi) is 4.76. The van der Waals surface area contributed by atoms with Gasteiger partial charge in [0.05, 0.1) is 5.52 Å². The summed E-state index contributed by atoms with van der Waals surface area (Å²) in [6.45, 7) is 2.31. The zero-order chi connectivity index (χ0) is 20.5. The number of nitrogens with zero attached hydrogens (tertiary/aromatic N) is 6. The Bertz CT molecular complexity index is 1150. The molecule has 1 fully saturated rings. The second-order valence-corrected chi connectivity index (χ2v) is 7.74. The van der Waals surface area contributed by atoms with Crippen molar-refractivity contribution in [1.82, 2.24) is 29.6 Å². The number of fused-ring (bicyclic) bond motifs is 1. The van der Waals surface area contributed by atoms with Crippen molar-refractivity contribution in [2.45, 2.75) is 18.8 Å². The number of piperidine rings is 1. The number of nitrogens with one attached hydrogen (secondary N) is 1. The molecular weight excluding hydrogens is 376 g/mol. The molecule has 1 aliphatic heterocycles. The SMILES string of the molecule is CN1CCC(c2ccc(Nc3nc(N)n(-c4ncnc5ccccc45)n3)cc2)CC1. The standard InChI is InChI=1S/C22H24N8/c1-29-12-10-16(11-13-29)15-6-8-17(9-7-15)26-22-27-21(23)30(28-22)20-18-4-2-3-5-19(18)24-14-25-20/h2-9,14,16H,10-13H2,1H3,(H3,23,26,27,28). The third kappa shape index (κ3) is 3.57. The van der Waals surface area contributed by atoms with Crippen LogP contribution in [0.2, 0.25) is 0 Å². The number of likely N-dealkylation sites (tertiary alicyclic amines) is 1. The fourth-order valence-electron chi connectivity index (χ4n) is 4.00. The van der Waals surface area contributed by atoms with E-state index >= 15 is 0 Å². The van der Waals surface area contributed by atoms with E-state index in [2.05, 4.69) is 61.6 Å². The second-order valence-electron chi connectivity index (χ2n) is 7.74. The average Bonchev–Trinajstić information content (AvgIpc) is 3.14. The number of hydrogen-bond acceptors (Lipinski definition) is 7. The third-order valence-electron chi connectivity index (χ3n) is 5.71. The van der Waals surface area contributed by atoms with Gasteiger partial charge in [-0.05, 0) is 68.7 Å². The van der Waals surface area contributed by atoms with E-state index in [9.17, 15) is 0 Å². The van der Waals surface area contributed by atoms with Gasteiger partial charge in [-0.15, -0.1) is 5.10 Å². The lowest BCUT2D eigenvalue weighted by atomic mass is 9.89. The zero-order valence-corrected chi connectivity index (χ0v) is 16.9.